The monoisotopic (exact) mass is 269 g/mol. The quantitative estimate of drug-likeness (QED) is 0.807. The van der Waals surface area contributed by atoms with E-state index in [9.17, 15) is 4.79 Å². The first-order valence-corrected chi connectivity index (χ1v) is 5.82. The SMILES string of the molecule is COC(=O)c1ccc(N2C[C@@H]3C[C@H]2CN3)nc1.Cl. The van der Waals surface area contributed by atoms with Gasteiger partial charge in [-0.05, 0) is 18.6 Å². The lowest BCUT2D eigenvalue weighted by atomic mass is 10.2. The topological polar surface area (TPSA) is 54.5 Å². The molecule has 98 valence electrons. The van der Waals surface area contributed by atoms with E-state index < -0.39 is 0 Å². The fourth-order valence-corrected chi connectivity index (χ4v) is 2.64. The minimum Gasteiger partial charge on any atom is -0.465 e. The van der Waals surface area contributed by atoms with Crippen LogP contribution in [0.5, 0.6) is 0 Å². The normalized spacial score (nSPS) is 24.8. The van der Waals surface area contributed by atoms with Crippen LogP contribution in [0.15, 0.2) is 18.3 Å². The first-order chi connectivity index (χ1) is 8.28. The van der Waals surface area contributed by atoms with Crippen LogP contribution in [-0.4, -0.2) is 43.2 Å². The van der Waals surface area contributed by atoms with Gasteiger partial charge in [0.2, 0.25) is 0 Å². The maximum atomic E-state index is 11.3. The summed E-state index contributed by atoms with van der Waals surface area (Å²) in [7, 11) is 1.38. The van der Waals surface area contributed by atoms with Crippen molar-refractivity contribution in [2.24, 2.45) is 0 Å². The molecule has 2 aliphatic rings. The number of piperazine rings is 1. The molecule has 0 aromatic carbocycles. The highest BCUT2D eigenvalue weighted by Gasteiger charge is 2.38. The molecule has 2 aliphatic heterocycles. The van der Waals surface area contributed by atoms with Crippen LogP contribution in [0.2, 0.25) is 0 Å². The van der Waals surface area contributed by atoms with Crippen LogP contribution in [0.4, 0.5) is 5.82 Å². The fourth-order valence-electron chi connectivity index (χ4n) is 2.64. The van der Waals surface area contributed by atoms with E-state index in [4.69, 9.17) is 0 Å². The molecule has 0 aliphatic carbocycles. The summed E-state index contributed by atoms with van der Waals surface area (Å²) < 4.78 is 4.65. The number of hydrogen-bond donors (Lipinski definition) is 1. The molecule has 5 nitrogen and oxygen atoms in total. The van der Waals surface area contributed by atoms with Crippen LogP contribution in [0.1, 0.15) is 16.8 Å². The molecular formula is C12H16ClN3O2. The third kappa shape index (κ3) is 2.15. The van der Waals surface area contributed by atoms with Crippen LogP contribution in [0, 0.1) is 0 Å². The smallest absolute Gasteiger partial charge is 0.339 e. The van der Waals surface area contributed by atoms with E-state index in [0.717, 1.165) is 18.9 Å². The van der Waals surface area contributed by atoms with E-state index in [-0.39, 0.29) is 18.4 Å². The molecule has 2 atom stereocenters. The number of nitrogens with zero attached hydrogens (tertiary/aromatic N) is 2. The highest BCUT2D eigenvalue weighted by molar-refractivity contribution is 5.89. The highest BCUT2D eigenvalue weighted by Crippen LogP contribution is 2.27. The number of ether oxygens (including phenoxy) is 1. The van der Waals surface area contributed by atoms with Crippen LogP contribution in [0.3, 0.4) is 0 Å². The van der Waals surface area contributed by atoms with Crippen molar-refractivity contribution in [3.05, 3.63) is 23.9 Å². The lowest BCUT2D eigenvalue weighted by Crippen LogP contribution is -2.43. The zero-order valence-corrected chi connectivity index (χ0v) is 10.9. The third-order valence-electron chi connectivity index (χ3n) is 3.52. The maximum absolute atomic E-state index is 11.3. The van der Waals surface area contributed by atoms with E-state index in [1.807, 2.05) is 6.07 Å². The molecular weight excluding hydrogens is 254 g/mol. The second-order valence-electron chi connectivity index (χ2n) is 4.54. The number of rotatable bonds is 2. The maximum Gasteiger partial charge on any atom is 0.339 e. The molecule has 1 aromatic rings. The van der Waals surface area contributed by atoms with Gasteiger partial charge in [0.15, 0.2) is 0 Å². The number of carbonyl (C=O) groups is 1. The number of pyridine rings is 1. The number of carbonyl (C=O) groups excluding carboxylic acids is 1. The predicted octanol–water partition coefficient (Wildman–Crippen LogP) is 0.840. The summed E-state index contributed by atoms with van der Waals surface area (Å²) in [6.45, 7) is 2.04. The van der Waals surface area contributed by atoms with Crippen LogP contribution >= 0.6 is 12.4 Å². The molecule has 1 N–H and O–H groups in total. The van der Waals surface area contributed by atoms with Crippen molar-refractivity contribution in [3.8, 4) is 0 Å². The summed E-state index contributed by atoms with van der Waals surface area (Å²) in [5, 5.41) is 3.45. The Balaban J connectivity index is 0.00000120. The number of nitrogens with one attached hydrogen (secondary N) is 1. The Hall–Kier alpha value is -1.33. The summed E-state index contributed by atoms with van der Waals surface area (Å²) in [5.41, 5.74) is 0.499. The highest BCUT2D eigenvalue weighted by atomic mass is 35.5. The van der Waals surface area contributed by atoms with Crippen molar-refractivity contribution in [1.29, 1.82) is 0 Å². The second kappa shape index (κ2) is 5.12. The van der Waals surface area contributed by atoms with E-state index in [2.05, 4.69) is 19.9 Å². The van der Waals surface area contributed by atoms with Gasteiger partial charge in [0, 0.05) is 31.4 Å². The molecule has 6 heteroatoms. The zero-order valence-electron chi connectivity index (χ0n) is 10.1. The second-order valence-corrected chi connectivity index (χ2v) is 4.54. The molecule has 2 saturated heterocycles. The fraction of sp³-hybridized carbons (Fsp3) is 0.500. The molecule has 0 radical (unpaired) electrons. The first kappa shape index (κ1) is 13.1. The van der Waals surface area contributed by atoms with Gasteiger partial charge < -0.3 is 15.0 Å². The number of esters is 1. The Bertz CT molecular complexity index is 437. The van der Waals surface area contributed by atoms with Gasteiger partial charge in [-0.15, -0.1) is 12.4 Å². The lowest BCUT2D eigenvalue weighted by Gasteiger charge is -2.28. The number of aromatic nitrogens is 1. The van der Waals surface area contributed by atoms with E-state index in [0.29, 0.717) is 17.6 Å². The van der Waals surface area contributed by atoms with E-state index in [1.165, 1.54) is 13.5 Å². The molecule has 0 unspecified atom stereocenters. The van der Waals surface area contributed by atoms with Crippen molar-refractivity contribution in [2.45, 2.75) is 18.5 Å². The van der Waals surface area contributed by atoms with Gasteiger partial charge in [0.05, 0.1) is 12.7 Å². The van der Waals surface area contributed by atoms with E-state index >= 15 is 0 Å². The van der Waals surface area contributed by atoms with Gasteiger partial charge in [-0.3, -0.25) is 0 Å². The standard InChI is InChI=1S/C12H15N3O2.ClH/c1-17-12(16)8-2-3-11(14-5-8)15-7-9-4-10(15)6-13-9;/h2-3,5,9-10,13H,4,6-7H2,1H3;1H/t9-,10-;/m0./s1. The summed E-state index contributed by atoms with van der Waals surface area (Å²) in [5.74, 6) is 0.611. The predicted molar refractivity (Wildman–Crippen MR) is 70.4 cm³/mol. The lowest BCUT2D eigenvalue weighted by molar-refractivity contribution is 0.0600. The van der Waals surface area contributed by atoms with Crippen LogP contribution in [-0.2, 0) is 4.74 Å². The Morgan fingerprint density at radius 2 is 2.39 bits per heavy atom. The molecule has 3 rings (SSSR count). The molecule has 3 heterocycles. The largest absolute Gasteiger partial charge is 0.465 e. The number of fused-ring (bicyclic) bond motifs is 2. The van der Waals surface area contributed by atoms with Gasteiger partial charge in [-0.25, -0.2) is 9.78 Å². The average Bonchev–Trinajstić information content (AvgIpc) is 3.00. The van der Waals surface area contributed by atoms with Gasteiger partial charge in [0.1, 0.15) is 5.82 Å². The number of methoxy groups -OCH3 is 1. The molecule has 0 spiro atoms. The number of hydrogen-bond acceptors (Lipinski definition) is 5. The Labute approximate surface area is 112 Å². The number of anilines is 1. The van der Waals surface area contributed by atoms with Gasteiger partial charge in [0.25, 0.3) is 0 Å². The van der Waals surface area contributed by atoms with Crippen molar-refractivity contribution < 1.29 is 9.53 Å². The minimum absolute atomic E-state index is 0. The molecule has 0 saturated carbocycles. The average molecular weight is 270 g/mol. The Morgan fingerprint density at radius 1 is 1.56 bits per heavy atom. The van der Waals surface area contributed by atoms with E-state index in [1.54, 1.807) is 12.3 Å². The third-order valence-corrected chi connectivity index (χ3v) is 3.52. The van der Waals surface area contributed by atoms with Crippen LogP contribution in [0.25, 0.3) is 0 Å². The summed E-state index contributed by atoms with van der Waals surface area (Å²) >= 11 is 0. The van der Waals surface area contributed by atoms with Gasteiger partial charge >= 0.3 is 5.97 Å². The van der Waals surface area contributed by atoms with Gasteiger partial charge in [-0.1, -0.05) is 0 Å². The van der Waals surface area contributed by atoms with Crippen molar-refractivity contribution in [1.82, 2.24) is 10.3 Å². The Morgan fingerprint density at radius 3 is 2.89 bits per heavy atom. The summed E-state index contributed by atoms with van der Waals surface area (Å²) in [4.78, 5) is 17.9. The molecule has 2 bridgehead atoms. The van der Waals surface area contributed by atoms with Crippen molar-refractivity contribution >= 4 is 24.2 Å². The van der Waals surface area contributed by atoms with Crippen LogP contribution < -0.4 is 10.2 Å². The van der Waals surface area contributed by atoms with Crippen molar-refractivity contribution in [2.75, 3.05) is 25.1 Å². The molecule has 18 heavy (non-hydrogen) atoms. The Kier molecular flexibility index (Phi) is 3.73. The zero-order chi connectivity index (χ0) is 11.8. The number of halogens is 1. The molecule has 1 aromatic heterocycles. The first-order valence-electron chi connectivity index (χ1n) is 5.82. The summed E-state index contributed by atoms with van der Waals surface area (Å²) in [6.07, 6.45) is 2.78. The van der Waals surface area contributed by atoms with Gasteiger partial charge in [-0.2, -0.15) is 0 Å². The molecule has 2 fully saturated rings. The minimum atomic E-state index is -0.339. The van der Waals surface area contributed by atoms with Crippen molar-refractivity contribution in [3.63, 3.8) is 0 Å². The summed E-state index contributed by atoms with van der Waals surface area (Å²) in [6, 6.07) is 4.82. The molecule has 0 amide bonds.